The number of benzene rings is 1. The minimum atomic E-state index is 0.377. The second kappa shape index (κ2) is 7.04. The summed E-state index contributed by atoms with van der Waals surface area (Å²) < 4.78 is 0. The molecule has 106 valence electrons. The van der Waals surface area contributed by atoms with E-state index in [-0.39, 0.29) is 0 Å². The lowest BCUT2D eigenvalue weighted by Gasteiger charge is -2.31. The van der Waals surface area contributed by atoms with Crippen molar-refractivity contribution < 1.29 is 0 Å². The van der Waals surface area contributed by atoms with E-state index in [0.29, 0.717) is 12.6 Å². The van der Waals surface area contributed by atoms with Gasteiger partial charge in [-0.2, -0.15) is 0 Å². The van der Waals surface area contributed by atoms with Gasteiger partial charge in [-0.05, 0) is 37.6 Å². The average Bonchev–Trinajstić information content (AvgIpc) is 2.66. The van der Waals surface area contributed by atoms with Crippen LogP contribution in [0.25, 0.3) is 0 Å². The molecule has 1 saturated heterocycles. The van der Waals surface area contributed by atoms with E-state index >= 15 is 0 Å². The number of likely N-dealkylation sites (N-methyl/N-ethyl adjacent to an activating group) is 1. The molecule has 0 amide bonds. The molecule has 0 aliphatic carbocycles. The van der Waals surface area contributed by atoms with E-state index in [1.165, 1.54) is 24.1 Å². The predicted octanol–water partition coefficient (Wildman–Crippen LogP) is 1.89. The summed E-state index contributed by atoms with van der Waals surface area (Å²) in [6, 6.07) is 9.14. The van der Waals surface area contributed by atoms with Gasteiger partial charge in [0.15, 0.2) is 0 Å². The number of nitrogens with zero attached hydrogens (tertiary/aromatic N) is 2. The zero-order valence-electron chi connectivity index (χ0n) is 12.3. The first-order chi connectivity index (χ1) is 9.26. The summed E-state index contributed by atoms with van der Waals surface area (Å²) in [4.78, 5) is 4.98. The first kappa shape index (κ1) is 14.5. The molecule has 0 aromatic heterocycles. The molecule has 1 aliphatic heterocycles. The molecule has 1 heterocycles. The number of hydrogen-bond donors (Lipinski definition) is 1. The summed E-state index contributed by atoms with van der Waals surface area (Å²) in [5, 5.41) is 0. The maximum absolute atomic E-state index is 6.09. The van der Waals surface area contributed by atoms with Gasteiger partial charge in [-0.15, -0.1) is 0 Å². The standard InChI is InChI=1S/C16H27N3/c1-3-14-7-4-5-8-15(14)16(13-17)19-10-6-9-18(2)11-12-19/h4-5,7-8,16H,3,6,9-13,17H2,1-2H3. The Bertz CT molecular complexity index is 391. The van der Waals surface area contributed by atoms with Crippen LogP contribution in [0.2, 0.25) is 0 Å². The van der Waals surface area contributed by atoms with E-state index in [2.05, 4.69) is 48.0 Å². The molecule has 1 aromatic rings. The van der Waals surface area contributed by atoms with E-state index in [4.69, 9.17) is 5.73 Å². The largest absolute Gasteiger partial charge is 0.329 e. The fourth-order valence-corrected chi connectivity index (χ4v) is 3.03. The van der Waals surface area contributed by atoms with Gasteiger partial charge in [0.25, 0.3) is 0 Å². The molecule has 0 radical (unpaired) electrons. The Morgan fingerprint density at radius 2 is 1.95 bits per heavy atom. The van der Waals surface area contributed by atoms with E-state index in [1.807, 2.05) is 0 Å². The van der Waals surface area contributed by atoms with Gasteiger partial charge in [-0.25, -0.2) is 0 Å². The first-order valence-electron chi connectivity index (χ1n) is 7.46. The molecule has 2 rings (SSSR count). The van der Waals surface area contributed by atoms with Crippen LogP contribution in [0.1, 0.15) is 30.5 Å². The Labute approximate surface area is 117 Å². The smallest absolute Gasteiger partial charge is 0.0473 e. The summed E-state index contributed by atoms with van der Waals surface area (Å²) >= 11 is 0. The molecule has 1 fully saturated rings. The van der Waals surface area contributed by atoms with Gasteiger partial charge in [0.1, 0.15) is 0 Å². The second-order valence-electron chi connectivity index (χ2n) is 5.50. The van der Waals surface area contributed by atoms with Gasteiger partial charge in [-0.3, -0.25) is 4.90 Å². The van der Waals surface area contributed by atoms with Crippen molar-refractivity contribution in [2.24, 2.45) is 5.73 Å². The van der Waals surface area contributed by atoms with Crippen molar-refractivity contribution in [3.63, 3.8) is 0 Å². The lowest BCUT2D eigenvalue weighted by molar-refractivity contribution is 0.207. The zero-order valence-corrected chi connectivity index (χ0v) is 12.3. The normalized spacial score (nSPS) is 20.2. The molecule has 1 aliphatic rings. The Morgan fingerprint density at radius 3 is 2.68 bits per heavy atom. The monoisotopic (exact) mass is 261 g/mol. The van der Waals surface area contributed by atoms with Gasteiger partial charge in [-0.1, -0.05) is 31.2 Å². The van der Waals surface area contributed by atoms with Crippen molar-refractivity contribution in [3.8, 4) is 0 Å². The van der Waals surface area contributed by atoms with Gasteiger partial charge >= 0.3 is 0 Å². The number of aryl methyl sites for hydroxylation is 1. The fourth-order valence-electron chi connectivity index (χ4n) is 3.03. The summed E-state index contributed by atoms with van der Waals surface area (Å²) in [7, 11) is 2.21. The van der Waals surface area contributed by atoms with Gasteiger partial charge in [0, 0.05) is 32.2 Å². The van der Waals surface area contributed by atoms with Crippen LogP contribution >= 0.6 is 0 Å². The van der Waals surface area contributed by atoms with Crippen LogP contribution < -0.4 is 5.73 Å². The lowest BCUT2D eigenvalue weighted by atomic mass is 9.97. The molecule has 2 N–H and O–H groups in total. The van der Waals surface area contributed by atoms with Gasteiger partial charge in [0.2, 0.25) is 0 Å². The highest BCUT2D eigenvalue weighted by Crippen LogP contribution is 2.24. The highest BCUT2D eigenvalue weighted by molar-refractivity contribution is 5.30. The highest BCUT2D eigenvalue weighted by Gasteiger charge is 2.22. The molecular weight excluding hydrogens is 234 g/mol. The molecule has 3 heteroatoms. The molecule has 3 nitrogen and oxygen atoms in total. The summed E-state index contributed by atoms with van der Waals surface area (Å²) in [6.45, 7) is 7.55. The molecule has 0 bridgehead atoms. The van der Waals surface area contributed by atoms with Gasteiger partial charge < -0.3 is 10.6 Å². The Hall–Kier alpha value is -0.900. The summed E-state index contributed by atoms with van der Waals surface area (Å²) in [5.74, 6) is 0. The van der Waals surface area contributed by atoms with Crippen LogP contribution in [-0.4, -0.2) is 49.6 Å². The third-order valence-electron chi connectivity index (χ3n) is 4.21. The van der Waals surface area contributed by atoms with Crippen LogP contribution in [0, 0.1) is 0 Å². The topological polar surface area (TPSA) is 32.5 Å². The third-order valence-corrected chi connectivity index (χ3v) is 4.21. The summed E-state index contributed by atoms with van der Waals surface area (Å²) in [6.07, 6.45) is 2.32. The maximum Gasteiger partial charge on any atom is 0.0473 e. The van der Waals surface area contributed by atoms with Crippen LogP contribution in [-0.2, 0) is 6.42 Å². The third kappa shape index (κ3) is 3.56. The SMILES string of the molecule is CCc1ccccc1C(CN)N1CCCN(C)CC1. The van der Waals surface area contributed by atoms with E-state index in [0.717, 1.165) is 26.1 Å². The van der Waals surface area contributed by atoms with Crippen molar-refractivity contribution in [2.45, 2.75) is 25.8 Å². The van der Waals surface area contributed by atoms with Crippen LogP contribution in [0.4, 0.5) is 0 Å². The Balaban J connectivity index is 2.18. The molecule has 1 aromatic carbocycles. The zero-order chi connectivity index (χ0) is 13.7. The minimum Gasteiger partial charge on any atom is -0.329 e. The van der Waals surface area contributed by atoms with Crippen molar-refractivity contribution in [1.29, 1.82) is 0 Å². The number of rotatable bonds is 4. The molecule has 0 spiro atoms. The minimum absolute atomic E-state index is 0.377. The number of hydrogen-bond acceptors (Lipinski definition) is 3. The van der Waals surface area contributed by atoms with Crippen molar-refractivity contribution in [2.75, 3.05) is 39.8 Å². The quantitative estimate of drug-likeness (QED) is 0.898. The van der Waals surface area contributed by atoms with Gasteiger partial charge in [0.05, 0.1) is 0 Å². The van der Waals surface area contributed by atoms with Crippen LogP contribution in [0.3, 0.4) is 0 Å². The van der Waals surface area contributed by atoms with E-state index < -0.39 is 0 Å². The Morgan fingerprint density at radius 1 is 1.16 bits per heavy atom. The van der Waals surface area contributed by atoms with Crippen molar-refractivity contribution in [1.82, 2.24) is 9.80 Å². The molecule has 1 atom stereocenters. The number of nitrogens with two attached hydrogens (primary N) is 1. The molecule has 0 saturated carbocycles. The fraction of sp³-hybridized carbons (Fsp3) is 0.625. The van der Waals surface area contributed by atoms with Crippen molar-refractivity contribution in [3.05, 3.63) is 35.4 Å². The summed E-state index contributed by atoms with van der Waals surface area (Å²) in [5.41, 5.74) is 8.96. The first-order valence-corrected chi connectivity index (χ1v) is 7.46. The highest BCUT2D eigenvalue weighted by atomic mass is 15.2. The molecular formula is C16H27N3. The van der Waals surface area contributed by atoms with Crippen LogP contribution in [0.5, 0.6) is 0 Å². The Kier molecular flexibility index (Phi) is 5.37. The predicted molar refractivity (Wildman–Crippen MR) is 81.3 cm³/mol. The van der Waals surface area contributed by atoms with Crippen molar-refractivity contribution >= 4 is 0 Å². The average molecular weight is 261 g/mol. The second-order valence-corrected chi connectivity index (χ2v) is 5.50. The molecule has 1 unspecified atom stereocenters. The van der Waals surface area contributed by atoms with E-state index in [1.54, 1.807) is 0 Å². The lowest BCUT2D eigenvalue weighted by Crippen LogP contribution is -2.37. The molecule has 19 heavy (non-hydrogen) atoms. The van der Waals surface area contributed by atoms with E-state index in [9.17, 15) is 0 Å². The van der Waals surface area contributed by atoms with Crippen LogP contribution in [0.15, 0.2) is 24.3 Å². The maximum atomic E-state index is 6.09.